The molecule has 2 N–H and O–H groups in total. The second-order valence-corrected chi connectivity index (χ2v) is 8.59. The van der Waals surface area contributed by atoms with Crippen LogP contribution in [0, 0.1) is 12.3 Å². The number of allylic oxidation sites excluding steroid dienone is 6. The van der Waals surface area contributed by atoms with Crippen molar-refractivity contribution in [3.63, 3.8) is 0 Å². The fourth-order valence-corrected chi connectivity index (χ4v) is 3.59. The summed E-state index contributed by atoms with van der Waals surface area (Å²) >= 11 is 0. The minimum Gasteiger partial charge on any atom is -0.344 e. The Morgan fingerprint density at radius 2 is 2.18 bits per heavy atom. The number of nitrogens with one attached hydrogen (secondary N) is 2. The number of aromatic nitrogens is 1. The summed E-state index contributed by atoms with van der Waals surface area (Å²) in [6, 6.07) is 4.05. The lowest BCUT2D eigenvalue weighted by Gasteiger charge is -2.22. The number of nitrogens with zero attached hydrogens (tertiary/aromatic N) is 3. The standard InChI is InChI=1S/C28H39N5O/c1-4-5-17-30-24(3)21-33(22-27-23(2)13-12-18-31-27)19-11-10-16-26(34)20-28(29)32-25-14-8-6-7-9-15-25/h5-8,12-15,17-18H,4,9-11,16,19-22H2,1-3H3,(H2,29,32)/b17-5-,30-24+. The van der Waals surface area contributed by atoms with E-state index in [2.05, 4.69) is 47.0 Å². The first-order chi connectivity index (χ1) is 16.5. The monoisotopic (exact) mass is 461 g/mol. The van der Waals surface area contributed by atoms with Gasteiger partial charge in [-0.15, -0.1) is 0 Å². The van der Waals surface area contributed by atoms with E-state index in [4.69, 9.17) is 5.41 Å². The second kappa shape index (κ2) is 15.7. The Hall–Kier alpha value is -3.12. The topological polar surface area (TPSA) is 81.4 Å². The molecule has 1 aromatic rings. The predicted molar refractivity (Wildman–Crippen MR) is 142 cm³/mol. The van der Waals surface area contributed by atoms with E-state index in [1.54, 1.807) is 0 Å². The van der Waals surface area contributed by atoms with Crippen LogP contribution in [0.1, 0.15) is 63.6 Å². The van der Waals surface area contributed by atoms with Gasteiger partial charge in [0.25, 0.3) is 0 Å². The minimum atomic E-state index is 0.100. The minimum absolute atomic E-state index is 0.100. The van der Waals surface area contributed by atoms with Crippen LogP contribution in [-0.2, 0) is 11.3 Å². The third-order valence-corrected chi connectivity index (χ3v) is 5.43. The van der Waals surface area contributed by atoms with Crippen LogP contribution in [0.25, 0.3) is 0 Å². The Morgan fingerprint density at radius 1 is 1.32 bits per heavy atom. The maximum atomic E-state index is 12.4. The summed E-state index contributed by atoms with van der Waals surface area (Å²) in [5, 5.41) is 11.1. The van der Waals surface area contributed by atoms with Crippen molar-refractivity contribution in [3.8, 4) is 0 Å². The molecule has 0 unspecified atom stereocenters. The molecule has 0 saturated heterocycles. The molecule has 1 heterocycles. The molecular weight excluding hydrogens is 422 g/mol. The van der Waals surface area contributed by atoms with Gasteiger partial charge in [0.2, 0.25) is 0 Å². The van der Waals surface area contributed by atoms with Gasteiger partial charge >= 0.3 is 0 Å². The van der Waals surface area contributed by atoms with Crippen molar-refractivity contribution in [1.82, 2.24) is 15.2 Å². The average Bonchev–Trinajstić information content (AvgIpc) is 3.06. The highest BCUT2D eigenvalue weighted by molar-refractivity contribution is 6.00. The highest BCUT2D eigenvalue weighted by Crippen LogP contribution is 2.10. The molecule has 0 bridgehead atoms. The van der Waals surface area contributed by atoms with Crippen molar-refractivity contribution in [2.24, 2.45) is 4.99 Å². The van der Waals surface area contributed by atoms with Gasteiger partial charge in [0.05, 0.1) is 12.1 Å². The number of aryl methyl sites for hydroxylation is 1. The SMILES string of the molecule is CC/C=C\N=C(/C)CN(CCCCC(=O)CC(=N)NC1=CCC=CC=C1)Cc1ncccc1C. The van der Waals surface area contributed by atoms with Crippen molar-refractivity contribution < 1.29 is 4.79 Å². The number of rotatable bonds is 14. The predicted octanol–water partition coefficient (Wildman–Crippen LogP) is 5.67. The number of unbranched alkanes of at least 4 members (excludes halogenated alkanes) is 1. The Balaban J connectivity index is 1.81. The van der Waals surface area contributed by atoms with Crippen LogP contribution in [0.3, 0.4) is 0 Å². The maximum absolute atomic E-state index is 12.4. The number of hydrogen-bond acceptors (Lipinski definition) is 5. The molecule has 0 radical (unpaired) electrons. The lowest BCUT2D eigenvalue weighted by molar-refractivity contribution is -0.118. The first kappa shape index (κ1) is 27.1. The molecule has 0 saturated carbocycles. The van der Waals surface area contributed by atoms with Gasteiger partial charge in [-0.3, -0.25) is 25.1 Å². The van der Waals surface area contributed by atoms with E-state index in [-0.39, 0.29) is 18.0 Å². The highest BCUT2D eigenvalue weighted by atomic mass is 16.1. The first-order valence-electron chi connectivity index (χ1n) is 12.2. The van der Waals surface area contributed by atoms with E-state index < -0.39 is 0 Å². The maximum Gasteiger partial charge on any atom is 0.140 e. The molecule has 0 amide bonds. The number of amidine groups is 1. The number of carbonyl (C=O) groups excluding carboxylic acids is 1. The Labute approximate surface area is 204 Å². The van der Waals surface area contributed by atoms with Gasteiger partial charge in [0.1, 0.15) is 11.6 Å². The summed E-state index contributed by atoms with van der Waals surface area (Å²) in [4.78, 5) is 23.8. The van der Waals surface area contributed by atoms with Gasteiger partial charge in [-0.2, -0.15) is 0 Å². The van der Waals surface area contributed by atoms with Crippen LogP contribution in [0.4, 0.5) is 0 Å². The Kier molecular flexibility index (Phi) is 12.5. The van der Waals surface area contributed by atoms with Crippen LogP contribution in [0.5, 0.6) is 0 Å². The van der Waals surface area contributed by atoms with Crippen LogP contribution in [0.2, 0.25) is 0 Å². The largest absolute Gasteiger partial charge is 0.344 e. The Bertz CT molecular complexity index is 955. The molecule has 1 aliphatic carbocycles. The molecule has 182 valence electrons. The second-order valence-electron chi connectivity index (χ2n) is 8.59. The normalized spacial score (nSPS) is 13.9. The molecule has 0 spiro atoms. The lowest BCUT2D eigenvalue weighted by Crippen LogP contribution is -2.30. The zero-order valence-electron chi connectivity index (χ0n) is 20.9. The summed E-state index contributed by atoms with van der Waals surface area (Å²) < 4.78 is 0. The van der Waals surface area contributed by atoms with Gasteiger partial charge < -0.3 is 5.32 Å². The zero-order chi connectivity index (χ0) is 24.6. The van der Waals surface area contributed by atoms with E-state index in [1.807, 2.05) is 54.9 Å². The molecule has 0 atom stereocenters. The van der Waals surface area contributed by atoms with E-state index in [0.717, 1.165) is 62.4 Å². The lowest BCUT2D eigenvalue weighted by atomic mass is 10.1. The molecule has 1 aliphatic rings. The fraction of sp³-hybridized carbons (Fsp3) is 0.429. The van der Waals surface area contributed by atoms with Crippen molar-refractivity contribution in [1.29, 1.82) is 5.41 Å². The van der Waals surface area contributed by atoms with Crippen LogP contribution >= 0.6 is 0 Å². The summed E-state index contributed by atoms with van der Waals surface area (Å²) in [5.41, 5.74) is 4.19. The highest BCUT2D eigenvalue weighted by Gasteiger charge is 2.12. The van der Waals surface area contributed by atoms with E-state index in [1.165, 1.54) is 5.56 Å². The van der Waals surface area contributed by atoms with Gasteiger partial charge in [-0.1, -0.05) is 43.4 Å². The smallest absolute Gasteiger partial charge is 0.140 e. The van der Waals surface area contributed by atoms with E-state index in [9.17, 15) is 4.79 Å². The fourth-order valence-electron chi connectivity index (χ4n) is 3.59. The summed E-state index contributed by atoms with van der Waals surface area (Å²) in [6.07, 6.45) is 19.8. The van der Waals surface area contributed by atoms with Crippen molar-refractivity contribution in [3.05, 3.63) is 77.9 Å². The van der Waals surface area contributed by atoms with E-state index >= 15 is 0 Å². The molecule has 6 heteroatoms. The summed E-state index contributed by atoms with van der Waals surface area (Å²) in [7, 11) is 0. The van der Waals surface area contributed by atoms with Gasteiger partial charge in [-0.05, 0) is 63.8 Å². The zero-order valence-corrected chi connectivity index (χ0v) is 20.9. The molecule has 0 aromatic carbocycles. The molecule has 0 fully saturated rings. The third kappa shape index (κ3) is 11.1. The van der Waals surface area contributed by atoms with Crippen LogP contribution < -0.4 is 5.32 Å². The van der Waals surface area contributed by atoms with Crippen molar-refractivity contribution >= 4 is 17.3 Å². The Morgan fingerprint density at radius 3 is 2.97 bits per heavy atom. The van der Waals surface area contributed by atoms with Crippen LogP contribution in [-0.4, -0.2) is 40.3 Å². The average molecular weight is 462 g/mol. The third-order valence-electron chi connectivity index (χ3n) is 5.43. The summed E-state index contributed by atoms with van der Waals surface area (Å²) in [5.74, 6) is 0.352. The van der Waals surface area contributed by atoms with E-state index in [0.29, 0.717) is 6.42 Å². The number of pyridine rings is 1. The van der Waals surface area contributed by atoms with Gasteiger partial charge in [0, 0.05) is 43.3 Å². The molecule has 1 aromatic heterocycles. The van der Waals surface area contributed by atoms with Crippen LogP contribution in [0.15, 0.2) is 71.7 Å². The number of hydrogen-bond donors (Lipinski definition) is 2. The number of aliphatic imine (C=N–C) groups is 1. The van der Waals surface area contributed by atoms with Gasteiger partial charge in [0.15, 0.2) is 0 Å². The number of Topliss-reactive ketones (excluding diaryl/α,β-unsaturated/α-hetero) is 1. The van der Waals surface area contributed by atoms with Crippen molar-refractivity contribution in [2.45, 2.75) is 65.8 Å². The van der Waals surface area contributed by atoms with Gasteiger partial charge in [-0.25, -0.2) is 0 Å². The molecular formula is C28H39N5O. The molecule has 0 aliphatic heterocycles. The quantitative estimate of drug-likeness (QED) is 0.212. The molecule has 6 nitrogen and oxygen atoms in total. The molecule has 34 heavy (non-hydrogen) atoms. The first-order valence-corrected chi connectivity index (χ1v) is 12.2. The summed E-state index contributed by atoms with van der Waals surface area (Å²) in [6.45, 7) is 8.63. The molecule has 2 rings (SSSR count). The van der Waals surface area contributed by atoms with Crippen molar-refractivity contribution in [2.75, 3.05) is 13.1 Å². The number of carbonyl (C=O) groups is 1. The number of ketones is 1.